The normalized spacial score (nSPS) is 23.4. The van der Waals surface area contributed by atoms with Crippen LogP contribution >= 0.6 is 0 Å². The number of likely N-dealkylation sites (tertiary alicyclic amines) is 1. The van der Waals surface area contributed by atoms with Gasteiger partial charge in [-0.15, -0.1) is 0 Å². The van der Waals surface area contributed by atoms with Gasteiger partial charge in [0.2, 0.25) is 0 Å². The molecule has 1 aromatic rings. The number of piperidine rings is 1. The number of nitrogens with zero attached hydrogens (tertiary/aromatic N) is 1. The molecule has 0 spiro atoms. The standard InChI is InChI=1S/C15H23N3O2/c1-10-8-12(6-7-18(10)2)17-15(19)11-4-5-14(20-3)13(16)9-11/h4-5,9-10,12H,6-8,16H2,1-3H3,(H,17,19). The van der Waals surface area contributed by atoms with E-state index in [4.69, 9.17) is 10.5 Å². The van der Waals surface area contributed by atoms with Crippen molar-refractivity contribution in [3.63, 3.8) is 0 Å². The highest BCUT2D eigenvalue weighted by Gasteiger charge is 2.24. The van der Waals surface area contributed by atoms with E-state index in [9.17, 15) is 4.79 Å². The summed E-state index contributed by atoms with van der Waals surface area (Å²) >= 11 is 0. The van der Waals surface area contributed by atoms with Gasteiger partial charge in [0.25, 0.3) is 5.91 Å². The van der Waals surface area contributed by atoms with E-state index in [1.807, 2.05) is 0 Å². The quantitative estimate of drug-likeness (QED) is 0.821. The minimum atomic E-state index is -0.0684. The Kier molecular flexibility index (Phi) is 4.49. The zero-order chi connectivity index (χ0) is 14.7. The van der Waals surface area contributed by atoms with Gasteiger partial charge in [-0.1, -0.05) is 0 Å². The second kappa shape index (κ2) is 6.13. The van der Waals surface area contributed by atoms with Crippen LogP contribution in [0.2, 0.25) is 0 Å². The van der Waals surface area contributed by atoms with Gasteiger partial charge in [-0.3, -0.25) is 4.79 Å². The van der Waals surface area contributed by atoms with Gasteiger partial charge < -0.3 is 20.7 Å². The number of rotatable bonds is 3. The number of ether oxygens (including phenoxy) is 1. The lowest BCUT2D eigenvalue weighted by atomic mass is 9.98. The first kappa shape index (κ1) is 14.7. The van der Waals surface area contributed by atoms with Crippen LogP contribution in [0.3, 0.4) is 0 Å². The summed E-state index contributed by atoms with van der Waals surface area (Å²) in [5, 5.41) is 3.09. The minimum absolute atomic E-state index is 0.0684. The molecule has 5 heteroatoms. The Bertz CT molecular complexity index is 490. The fourth-order valence-electron chi connectivity index (χ4n) is 2.56. The molecule has 0 radical (unpaired) electrons. The Morgan fingerprint density at radius 1 is 1.50 bits per heavy atom. The maximum atomic E-state index is 12.2. The SMILES string of the molecule is COc1ccc(C(=O)NC2CCN(C)C(C)C2)cc1N. The number of nitrogens with two attached hydrogens (primary N) is 1. The Balaban J connectivity index is 2.00. The molecular weight excluding hydrogens is 254 g/mol. The monoisotopic (exact) mass is 277 g/mol. The lowest BCUT2D eigenvalue weighted by Crippen LogP contribution is -2.47. The van der Waals surface area contributed by atoms with Gasteiger partial charge >= 0.3 is 0 Å². The minimum Gasteiger partial charge on any atom is -0.495 e. The van der Waals surface area contributed by atoms with E-state index in [1.54, 1.807) is 25.3 Å². The number of carbonyl (C=O) groups excluding carboxylic acids is 1. The summed E-state index contributed by atoms with van der Waals surface area (Å²) in [6, 6.07) is 5.85. The molecule has 0 aromatic heterocycles. The molecule has 5 nitrogen and oxygen atoms in total. The number of anilines is 1. The van der Waals surface area contributed by atoms with Crippen LogP contribution in [0.15, 0.2) is 18.2 Å². The summed E-state index contributed by atoms with van der Waals surface area (Å²) in [5.41, 5.74) is 6.89. The molecule has 0 aliphatic carbocycles. The van der Waals surface area contributed by atoms with Crippen molar-refractivity contribution in [3.05, 3.63) is 23.8 Å². The van der Waals surface area contributed by atoms with Crippen molar-refractivity contribution in [1.82, 2.24) is 10.2 Å². The van der Waals surface area contributed by atoms with Gasteiger partial charge in [-0.05, 0) is 45.0 Å². The van der Waals surface area contributed by atoms with E-state index in [0.29, 0.717) is 23.0 Å². The average molecular weight is 277 g/mol. The van der Waals surface area contributed by atoms with E-state index in [2.05, 4.69) is 24.2 Å². The molecule has 1 aliphatic heterocycles. The van der Waals surface area contributed by atoms with Gasteiger partial charge in [0.1, 0.15) is 5.75 Å². The lowest BCUT2D eigenvalue weighted by molar-refractivity contribution is 0.0896. The maximum Gasteiger partial charge on any atom is 0.251 e. The highest BCUT2D eigenvalue weighted by molar-refractivity contribution is 5.95. The lowest BCUT2D eigenvalue weighted by Gasteiger charge is -2.35. The van der Waals surface area contributed by atoms with Crippen LogP contribution in [0.4, 0.5) is 5.69 Å². The predicted molar refractivity (Wildman–Crippen MR) is 80.0 cm³/mol. The van der Waals surface area contributed by atoms with Gasteiger partial charge in [-0.2, -0.15) is 0 Å². The molecule has 1 amide bonds. The number of hydrogen-bond acceptors (Lipinski definition) is 4. The molecule has 2 rings (SSSR count). The average Bonchev–Trinajstić information content (AvgIpc) is 2.42. The molecular formula is C15H23N3O2. The number of nitrogen functional groups attached to an aromatic ring is 1. The highest BCUT2D eigenvalue weighted by Crippen LogP contribution is 2.22. The fourth-order valence-corrected chi connectivity index (χ4v) is 2.56. The third-order valence-corrected chi connectivity index (χ3v) is 4.04. The first-order valence-corrected chi connectivity index (χ1v) is 6.96. The molecule has 3 N–H and O–H groups in total. The molecule has 1 aromatic carbocycles. The number of nitrogens with one attached hydrogen (secondary N) is 1. The molecule has 110 valence electrons. The second-order valence-corrected chi connectivity index (χ2v) is 5.48. The van der Waals surface area contributed by atoms with Crippen molar-refractivity contribution in [3.8, 4) is 5.75 Å². The third kappa shape index (κ3) is 3.22. The topological polar surface area (TPSA) is 67.6 Å². The second-order valence-electron chi connectivity index (χ2n) is 5.48. The van der Waals surface area contributed by atoms with Crippen LogP contribution in [0.5, 0.6) is 5.75 Å². The highest BCUT2D eigenvalue weighted by atomic mass is 16.5. The maximum absolute atomic E-state index is 12.2. The summed E-state index contributed by atoms with van der Waals surface area (Å²) < 4.78 is 5.09. The first-order chi connectivity index (χ1) is 9.51. The summed E-state index contributed by atoms with van der Waals surface area (Å²) in [6.45, 7) is 3.19. The van der Waals surface area contributed by atoms with Crippen molar-refractivity contribution in [2.45, 2.75) is 31.8 Å². The van der Waals surface area contributed by atoms with Crippen LogP contribution in [-0.4, -0.2) is 43.6 Å². The third-order valence-electron chi connectivity index (χ3n) is 4.04. The molecule has 1 aliphatic rings. The first-order valence-electron chi connectivity index (χ1n) is 6.96. The van der Waals surface area contributed by atoms with E-state index in [0.717, 1.165) is 19.4 Å². The number of carbonyl (C=O) groups is 1. The van der Waals surface area contributed by atoms with Crippen LogP contribution < -0.4 is 15.8 Å². The largest absolute Gasteiger partial charge is 0.495 e. The van der Waals surface area contributed by atoms with E-state index in [1.165, 1.54) is 0 Å². The van der Waals surface area contributed by atoms with E-state index in [-0.39, 0.29) is 11.9 Å². The number of methoxy groups -OCH3 is 1. The van der Waals surface area contributed by atoms with Crippen molar-refractivity contribution >= 4 is 11.6 Å². The van der Waals surface area contributed by atoms with E-state index < -0.39 is 0 Å². The Morgan fingerprint density at radius 3 is 2.85 bits per heavy atom. The fraction of sp³-hybridized carbons (Fsp3) is 0.533. The molecule has 1 fully saturated rings. The molecule has 1 heterocycles. The zero-order valence-electron chi connectivity index (χ0n) is 12.3. The summed E-state index contributed by atoms with van der Waals surface area (Å²) in [4.78, 5) is 14.5. The Hall–Kier alpha value is -1.75. The molecule has 0 bridgehead atoms. The van der Waals surface area contributed by atoms with Crippen LogP contribution in [0.1, 0.15) is 30.1 Å². The van der Waals surface area contributed by atoms with Crippen molar-refractivity contribution in [1.29, 1.82) is 0 Å². The molecule has 2 atom stereocenters. The molecule has 20 heavy (non-hydrogen) atoms. The molecule has 1 saturated heterocycles. The number of hydrogen-bond donors (Lipinski definition) is 2. The molecule has 0 saturated carbocycles. The van der Waals surface area contributed by atoms with Gasteiger partial charge in [0.15, 0.2) is 0 Å². The summed E-state index contributed by atoms with van der Waals surface area (Å²) in [5.74, 6) is 0.524. The summed E-state index contributed by atoms with van der Waals surface area (Å²) in [7, 11) is 3.68. The van der Waals surface area contributed by atoms with Crippen LogP contribution in [-0.2, 0) is 0 Å². The van der Waals surface area contributed by atoms with Crippen molar-refractivity contribution < 1.29 is 9.53 Å². The smallest absolute Gasteiger partial charge is 0.251 e. The van der Waals surface area contributed by atoms with E-state index >= 15 is 0 Å². The van der Waals surface area contributed by atoms with Gasteiger partial charge in [0.05, 0.1) is 12.8 Å². The Labute approximate surface area is 120 Å². The molecule has 2 unspecified atom stereocenters. The summed E-state index contributed by atoms with van der Waals surface area (Å²) in [6.07, 6.45) is 1.96. The number of amides is 1. The predicted octanol–water partition coefficient (Wildman–Crippen LogP) is 1.49. The van der Waals surface area contributed by atoms with Crippen LogP contribution in [0, 0.1) is 0 Å². The van der Waals surface area contributed by atoms with Gasteiger partial charge in [-0.25, -0.2) is 0 Å². The number of benzene rings is 1. The van der Waals surface area contributed by atoms with Crippen molar-refractivity contribution in [2.75, 3.05) is 26.4 Å². The Morgan fingerprint density at radius 2 is 2.25 bits per heavy atom. The van der Waals surface area contributed by atoms with Gasteiger partial charge in [0, 0.05) is 24.2 Å². The van der Waals surface area contributed by atoms with Crippen molar-refractivity contribution in [2.24, 2.45) is 0 Å². The zero-order valence-corrected chi connectivity index (χ0v) is 12.3. The van der Waals surface area contributed by atoms with Crippen LogP contribution in [0.25, 0.3) is 0 Å².